The normalized spacial score (nSPS) is 17.0. The van der Waals surface area contributed by atoms with Gasteiger partial charge in [0.2, 0.25) is 0 Å². The number of hydrogen-bond acceptors (Lipinski definition) is 3. The minimum Gasteiger partial charge on any atom is -0.395 e. The molecule has 1 aliphatic carbocycles. The molecule has 0 spiro atoms. The summed E-state index contributed by atoms with van der Waals surface area (Å²) in [6.07, 6.45) is 7.62. The summed E-state index contributed by atoms with van der Waals surface area (Å²) in [5.74, 6) is 0. The van der Waals surface area contributed by atoms with Gasteiger partial charge in [-0.05, 0) is 12.8 Å². The van der Waals surface area contributed by atoms with Gasteiger partial charge in [-0.3, -0.25) is 4.90 Å². The molecule has 15 heavy (non-hydrogen) atoms. The molecule has 0 amide bonds. The third-order valence-electron chi connectivity index (χ3n) is 3.26. The van der Waals surface area contributed by atoms with Gasteiger partial charge in [0, 0.05) is 32.4 Å². The van der Waals surface area contributed by atoms with Crippen molar-refractivity contribution >= 4 is 0 Å². The number of hydrogen-bond donors (Lipinski definition) is 1. The van der Waals surface area contributed by atoms with E-state index in [0.717, 1.165) is 13.1 Å². The van der Waals surface area contributed by atoms with Crippen LogP contribution >= 0.6 is 0 Å². The predicted octanol–water partition coefficient (Wildman–Crippen LogP) is 0.767. The Balaban J connectivity index is 1.96. The number of nitrogens with zero attached hydrogens (tertiary/aromatic N) is 3. The van der Waals surface area contributed by atoms with Crippen molar-refractivity contribution in [1.82, 2.24) is 14.5 Å². The maximum absolute atomic E-state index is 9.04. The van der Waals surface area contributed by atoms with E-state index in [2.05, 4.69) is 9.88 Å². The van der Waals surface area contributed by atoms with Crippen LogP contribution in [0.3, 0.4) is 0 Å². The van der Waals surface area contributed by atoms with E-state index in [1.165, 1.54) is 25.0 Å². The molecule has 1 saturated carbocycles. The smallest absolute Gasteiger partial charge is 0.0945 e. The van der Waals surface area contributed by atoms with Gasteiger partial charge in [-0.15, -0.1) is 0 Å². The van der Waals surface area contributed by atoms with Gasteiger partial charge in [-0.1, -0.05) is 6.42 Å². The van der Waals surface area contributed by atoms with Crippen molar-refractivity contribution in [3.05, 3.63) is 18.2 Å². The van der Waals surface area contributed by atoms with Crippen LogP contribution in [0.25, 0.3) is 0 Å². The molecule has 1 aromatic rings. The second-order valence-corrected chi connectivity index (χ2v) is 4.27. The van der Waals surface area contributed by atoms with Gasteiger partial charge in [0.1, 0.15) is 0 Å². The highest BCUT2D eigenvalue weighted by Crippen LogP contribution is 2.25. The maximum atomic E-state index is 9.04. The lowest BCUT2D eigenvalue weighted by atomic mass is 9.91. The Morgan fingerprint density at radius 1 is 1.60 bits per heavy atom. The van der Waals surface area contributed by atoms with Crippen LogP contribution in [-0.4, -0.2) is 38.8 Å². The molecular weight excluding hydrogens is 190 g/mol. The quantitative estimate of drug-likeness (QED) is 0.778. The van der Waals surface area contributed by atoms with Gasteiger partial charge in [0.25, 0.3) is 0 Å². The highest BCUT2D eigenvalue weighted by Gasteiger charge is 2.24. The van der Waals surface area contributed by atoms with Crippen LogP contribution in [-0.2, 0) is 13.6 Å². The van der Waals surface area contributed by atoms with E-state index in [-0.39, 0.29) is 6.61 Å². The zero-order valence-corrected chi connectivity index (χ0v) is 9.26. The molecule has 1 aromatic heterocycles. The topological polar surface area (TPSA) is 41.3 Å². The SMILES string of the molecule is Cn1cncc1CN(CCO)C1CCC1. The lowest BCUT2D eigenvalue weighted by Crippen LogP contribution is -2.41. The molecule has 4 nitrogen and oxygen atoms in total. The summed E-state index contributed by atoms with van der Waals surface area (Å²) in [6, 6.07) is 0.673. The summed E-state index contributed by atoms with van der Waals surface area (Å²) < 4.78 is 2.04. The third kappa shape index (κ3) is 2.38. The zero-order chi connectivity index (χ0) is 10.7. The summed E-state index contributed by atoms with van der Waals surface area (Å²) in [5, 5.41) is 9.04. The second-order valence-electron chi connectivity index (χ2n) is 4.27. The van der Waals surface area contributed by atoms with Gasteiger partial charge in [0.15, 0.2) is 0 Å². The molecule has 1 aliphatic rings. The fourth-order valence-electron chi connectivity index (χ4n) is 2.02. The Kier molecular flexibility index (Phi) is 3.38. The Morgan fingerprint density at radius 2 is 2.40 bits per heavy atom. The summed E-state index contributed by atoms with van der Waals surface area (Å²) >= 11 is 0. The number of aliphatic hydroxyl groups is 1. The summed E-state index contributed by atoms with van der Waals surface area (Å²) in [6.45, 7) is 1.92. The molecule has 2 rings (SSSR count). The molecule has 1 N–H and O–H groups in total. The van der Waals surface area contributed by atoms with E-state index in [1.54, 1.807) is 0 Å². The molecule has 0 radical (unpaired) electrons. The van der Waals surface area contributed by atoms with Crippen molar-refractivity contribution in [2.75, 3.05) is 13.2 Å². The van der Waals surface area contributed by atoms with Gasteiger partial charge in [0.05, 0.1) is 18.6 Å². The Labute approximate surface area is 90.5 Å². The fourth-order valence-corrected chi connectivity index (χ4v) is 2.02. The molecule has 0 aliphatic heterocycles. The van der Waals surface area contributed by atoms with E-state index < -0.39 is 0 Å². The van der Waals surface area contributed by atoms with E-state index in [4.69, 9.17) is 5.11 Å². The predicted molar refractivity (Wildman–Crippen MR) is 58.3 cm³/mol. The number of rotatable bonds is 5. The Morgan fingerprint density at radius 3 is 2.87 bits per heavy atom. The summed E-state index contributed by atoms with van der Waals surface area (Å²) in [4.78, 5) is 6.47. The van der Waals surface area contributed by atoms with Crippen LogP contribution in [0.2, 0.25) is 0 Å². The number of aryl methyl sites for hydroxylation is 1. The van der Waals surface area contributed by atoms with Crippen LogP contribution in [0.4, 0.5) is 0 Å². The Hall–Kier alpha value is -0.870. The summed E-state index contributed by atoms with van der Waals surface area (Å²) in [7, 11) is 2.01. The molecule has 0 aromatic carbocycles. The van der Waals surface area contributed by atoms with Crippen molar-refractivity contribution in [3.8, 4) is 0 Å². The third-order valence-corrected chi connectivity index (χ3v) is 3.26. The first-order valence-corrected chi connectivity index (χ1v) is 5.61. The first-order valence-electron chi connectivity index (χ1n) is 5.61. The van der Waals surface area contributed by atoms with E-state index in [0.29, 0.717) is 6.04 Å². The molecular formula is C11H19N3O. The lowest BCUT2D eigenvalue weighted by molar-refractivity contribution is 0.0925. The van der Waals surface area contributed by atoms with Gasteiger partial charge < -0.3 is 9.67 Å². The molecule has 0 atom stereocenters. The van der Waals surface area contributed by atoms with Crippen LogP contribution in [0.5, 0.6) is 0 Å². The Bertz CT molecular complexity index is 307. The van der Waals surface area contributed by atoms with Gasteiger partial charge in [-0.2, -0.15) is 0 Å². The van der Waals surface area contributed by atoms with Crippen molar-refractivity contribution in [2.24, 2.45) is 7.05 Å². The van der Waals surface area contributed by atoms with Crippen LogP contribution in [0, 0.1) is 0 Å². The van der Waals surface area contributed by atoms with E-state index >= 15 is 0 Å². The minimum absolute atomic E-state index is 0.244. The highest BCUT2D eigenvalue weighted by atomic mass is 16.3. The highest BCUT2D eigenvalue weighted by molar-refractivity contribution is 4.98. The minimum atomic E-state index is 0.244. The molecule has 84 valence electrons. The molecule has 0 unspecified atom stereocenters. The lowest BCUT2D eigenvalue weighted by Gasteiger charge is -2.37. The van der Waals surface area contributed by atoms with Gasteiger partial charge >= 0.3 is 0 Å². The fraction of sp³-hybridized carbons (Fsp3) is 0.727. The monoisotopic (exact) mass is 209 g/mol. The summed E-state index contributed by atoms with van der Waals surface area (Å²) in [5.41, 5.74) is 1.22. The molecule has 0 bridgehead atoms. The maximum Gasteiger partial charge on any atom is 0.0945 e. The standard InChI is InChI=1S/C11H19N3O/c1-13-9-12-7-11(13)8-14(5-6-15)10-3-2-4-10/h7,9-10,15H,2-6,8H2,1H3. The molecule has 1 fully saturated rings. The average Bonchev–Trinajstić information content (AvgIpc) is 2.49. The molecule has 1 heterocycles. The van der Waals surface area contributed by atoms with Crippen molar-refractivity contribution in [2.45, 2.75) is 31.8 Å². The average molecular weight is 209 g/mol. The first-order chi connectivity index (χ1) is 7.31. The van der Waals surface area contributed by atoms with E-state index in [1.807, 2.05) is 24.1 Å². The number of aliphatic hydroxyl groups excluding tert-OH is 1. The van der Waals surface area contributed by atoms with E-state index in [9.17, 15) is 0 Å². The van der Waals surface area contributed by atoms with Crippen molar-refractivity contribution < 1.29 is 5.11 Å². The van der Waals surface area contributed by atoms with Crippen molar-refractivity contribution in [3.63, 3.8) is 0 Å². The van der Waals surface area contributed by atoms with Crippen molar-refractivity contribution in [1.29, 1.82) is 0 Å². The van der Waals surface area contributed by atoms with Crippen LogP contribution < -0.4 is 0 Å². The largest absolute Gasteiger partial charge is 0.395 e. The van der Waals surface area contributed by atoms with Crippen LogP contribution in [0.15, 0.2) is 12.5 Å². The molecule has 0 saturated heterocycles. The number of imidazole rings is 1. The second kappa shape index (κ2) is 4.77. The van der Waals surface area contributed by atoms with Crippen LogP contribution in [0.1, 0.15) is 25.0 Å². The first kappa shape index (κ1) is 10.6. The van der Waals surface area contributed by atoms with Gasteiger partial charge in [-0.25, -0.2) is 4.98 Å². The molecule has 4 heteroatoms. The number of aromatic nitrogens is 2. The zero-order valence-electron chi connectivity index (χ0n) is 9.26.